The minimum absolute atomic E-state index is 0.0268. The molecule has 4 rings (SSSR count). The second-order valence-electron chi connectivity index (χ2n) is 9.24. The molecule has 0 bridgehead atoms. The van der Waals surface area contributed by atoms with Crippen molar-refractivity contribution in [2.24, 2.45) is 0 Å². The lowest BCUT2D eigenvalue weighted by molar-refractivity contribution is 0.176. The van der Waals surface area contributed by atoms with Crippen LogP contribution in [0.5, 0.6) is 11.5 Å². The molecule has 2 atom stereocenters. The first-order chi connectivity index (χ1) is 18.9. The summed E-state index contributed by atoms with van der Waals surface area (Å²) >= 11 is 1.50. The predicted molar refractivity (Wildman–Crippen MR) is 152 cm³/mol. The third kappa shape index (κ3) is 7.82. The molecular weight excluding hydrogens is 518 g/mol. The van der Waals surface area contributed by atoms with Crippen molar-refractivity contribution in [3.05, 3.63) is 92.4 Å². The highest BCUT2D eigenvalue weighted by Crippen LogP contribution is 2.29. The Balaban J connectivity index is 1.15. The molecule has 206 valence electrons. The molecule has 2 aromatic carbocycles. The number of benzene rings is 2. The molecule has 0 aliphatic carbocycles. The van der Waals surface area contributed by atoms with E-state index in [0.717, 1.165) is 42.7 Å². The topological polar surface area (TPSA) is 144 Å². The molecule has 0 spiro atoms. The minimum Gasteiger partial charge on any atom is -0.506 e. The molecule has 0 fully saturated rings. The first kappa shape index (κ1) is 28.2. The van der Waals surface area contributed by atoms with Crippen molar-refractivity contribution in [2.75, 3.05) is 19.7 Å². The van der Waals surface area contributed by atoms with Crippen LogP contribution in [0.15, 0.2) is 70.8 Å². The van der Waals surface area contributed by atoms with E-state index in [0.29, 0.717) is 35.4 Å². The van der Waals surface area contributed by atoms with E-state index < -0.39 is 18.2 Å². The Labute approximate surface area is 230 Å². The van der Waals surface area contributed by atoms with Crippen LogP contribution in [0.1, 0.15) is 53.8 Å². The normalized spacial score (nSPS) is 12.7. The quantitative estimate of drug-likeness (QED) is 0.122. The molecule has 4 aromatic rings. The van der Waals surface area contributed by atoms with E-state index in [2.05, 4.69) is 15.6 Å². The first-order valence-corrected chi connectivity index (χ1v) is 13.8. The zero-order chi connectivity index (χ0) is 27.6. The van der Waals surface area contributed by atoms with Crippen molar-refractivity contribution in [1.29, 1.82) is 0 Å². The summed E-state index contributed by atoms with van der Waals surface area (Å²) in [5.74, 6) is 0.684. The van der Waals surface area contributed by atoms with Crippen molar-refractivity contribution >= 4 is 28.3 Å². The van der Waals surface area contributed by atoms with Gasteiger partial charge in [0.15, 0.2) is 0 Å². The van der Waals surface area contributed by atoms with Crippen LogP contribution in [0.4, 0.5) is 4.79 Å². The highest BCUT2D eigenvalue weighted by Gasteiger charge is 2.18. The summed E-state index contributed by atoms with van der Waals surface area (Å²) in [6.45, 7) is 1.69. The number of thiophene rings is 1. The Kier molecular flexibility index (Phi) is 9.96. The van der Waals surface area contributed by atoms with E-state index in [1.807, 2.05) is 41.8 Å². The van der Waals surface area contributed by atoms with Crippen LogP contribution in [-0.4, -0.2) is 46.1 Å². The maximum atomic E-state index is 11.6. The number of phenols is 1. The van der Waals surface area contributed by atoms with Gasteiger partial charge >= 0.3 is 6.09 Å². The van der Waals surface area contributed by atoms with E-state index in [4.69, 9.17) is 4.74 Å². The van der Waals surface area contributed by atoms with Gasteiger partial charge in [-0.3, -0.25) is 4.79 Å². The summed E-state index contributed by atoms with van der Waals surface area (Å²) < 4.78 is 5.92. The maximum absolute atomic E-state index is 11.6. The van der Waals surface area contributed by atoms with Gasteiger partial charge in [-0.15, -0.1) is 11.3 Å². The fourth-order valence-corrected chi connectivity index (χ4v) is 5.28. The van der Waals surface area contributed by atoms with Crippen molar-refractivity contribution in [3.63, 3.8) is 0 Å². The van der Waals surface area contributed by atoms with Crippen LogP contribution in [0.2, 0.25) is 0 Å². The van der Waals surface area contributed by atoms with Gasteiger partial charge in [0.1, 0.15) is 11.5 Å². The monoisotopic (exact) mass is 551 g/mol. The van der Waals surface area contributed by atoms with Crippen LogP contribution in [-0.2, 0) is 0 Å². The highest BCUT2D eigenvalue weighted by molar-refractivity contribution is 7.10. The number of carboxylic acid groups (broad SMARTS) is 1. The second-order valence-corrected chi connectivity index (χ2v) is 10.2. The number of rotatable bonds is 14. The Bertz CT molecular complexity index is 1420. The van der Waals surface area contributed by atoms with Crippen LogP contribution in [0.3, 0.4) is 0 Å². The minimum atomic E-state index is -1.07. The van der Waals surface area contributed by atoms with Crippen molar-refractivity contribution in [1.82, 2.24) is 15.6 Å². The number of fused-ring (bicyclic) bond motifs is 1. The summed E-state index contributed by atoms with van der Waals surface area (Å²) in [6.07, 6.45) is 2.02. The first-order valence-electron chi connectivity index (χ1n) is 12.9. The summed E-state index contributed by atoms with van der Waals surface area (Å²) in [5, 5.41) is 38.3. The fourth-order valence-electron chi connectivity index (χ4n) is 4.48. The smallest absolute Gasteiger partial charge is 0.405 e. The number of aromatic nitrogens is 1. The zero-order valence-electron chi connectivity index (χ0n) is 21.4. The van der Waals surface area contributed by atoms with Gasteiger partial charge in [-0.25, -0.2) is 4.79 Å². The molecule has 0 radical (unpaired) electrons. The number of hydrogen-bond donors (Lipinski definition) is 6. The molecule has 2 heterocycles. The number of nitrogens with one attached hydrogen (secondary N) is 3. The van der Waals surface area contributed by atoms with E-state index >= 15 is 0 Å². The van der Waals surface area contributed by atoms with Gasteiger partial charge in [-0.2, -0.15) is 0 Å². The van der Waals surface area contributed by atoms with Crippen LogP contribution >= 0.6 is 11.3 Å². The molecule has 6 N–H and O–H groups in total. The number of hydrogen-bond acceptors (Lipinski definition) is 7. The molecule has 0 saturated heterocycles. The second kappa shape index (κ2) is 13.8. The van der Waals surface area contributed by atoms with E-state index in [1.54, 1.807) is 12.1 Å². The van der Waals surface area contributed by atoms with Crippen molar-refractivity contribution < 1.29 is 24.9 Å². The molecule has 39 heavy (non-hydrogen) atoms. The lowest BCUT2D eigenvalue weighted by Crippen LogP contribution is -2.26. The SMILES string of the molecule is O=C(O)NC(c1cccc(OCCCCCCNC[C@@H](O)c2ccc(O)c3[nH]c(=O)ccc23)c1)c1cccs1. The zero-order valence-corrected chi connectivity index (χ0v) is 22.2. The average molecular weight is 552 g/mol. The lowest BCUT2D eigenvalue weighted by atomic mass is 10.0. The number of aliphatic hydroxyl groups excluding tert-OH is 1. The third-order valence-corrected chi connectivity index (χ3v) is 7.34. The Morgan fingerprint density at radius 3 is 2.67 bits per heavy atom. The van der Waals surface area contributed by atoms with Gasteiger partial charge in [-0.1, -0.05) is 37.1 Å². The number of aliphatic hydroxyl groups is 1. The highest BCUT2D eigenvalue weighted by atomic mass is 32.1. The standard InChI is InChI=1S/C29H33N3O6S/c33-23-12-10-21(22-11-13-26(35)31-28(22)23)24(34)18-30-14-3-1-2-4-15-38-20-8-5-7-19(17-20)27(32-29(36)37)25-9-6-16-39-25/h5-13,16-17,24,27,30,32-34H,1-4,14-15,18H2,(H,31,35)(H,36,37)/t24-,27?/m1/s1. The van der Waals surface area contributed by atoms with Crippen molar-refractivity contribution in [3.8, 4) is 11.5 Å². The summed E-state index contributed by atoms with van der Waals surface area (Å²) in [6, 6.07) is 17.0. The molecule has 1 amide bonds. The molecular formula is C29H33N3O6S. The number of aromatic amines is 1. The van der Waals surface area contributed by atoms with Gasteiger partial charge in [0.2, 0.25) is 5.56 Å². The van der Waals surface area contributed by atoms with E-state index in [1.165, 1.54) is 23.5 Å². The number of phenolic OH excluding ortho intramolecular Hbond substituents is 1. The van der Waals surface area contributed by atoms with Crippen LogP contribution in [0.25, 0.3) is 10.9 Å². The molecule has 1 unspecified atom stereocenters. The van der Waals surface area contributed by atoms with Gasteiger partial charge in [0.25, 0.3) is 0 Å². The number of H-pyrrole nitrogens is 1. The molecule has 0 aliphatic heterocycles. The average Bonchev–Trinajstić information content (AvgIpc) is 3.46. The number of carbonyl (C=O) groups is 1. The van der Waals surface area contributed by atoms with Gasteiger partial charge in [0.05, 0.1) is 24.3 Å². The molecule has 10 heteroatoms. The molecule has 9 nitrogen and oxygen atoms in total. The summed E-state index contributed by atoms with van der Waals surface area (Å²) in [5.41, 5.74) is 1.50. The molecule has 0 aliphatic rings. The van der Waals surface area contributed by atoms with Crippen LogP contribution in [0, 0.1) is 0 Å². The number of aromatic hydroxyl groups is 1. The number of ether oxygens (including phenoxy) is 1. The van der Waals surface area contributed by atoms with E-state index in [-0.39, 0.29) is 11.3 Å². The number of pyridine rings is 1. The fraction of sp³-hybridized carbons (Fsp3) is 0.310. The largest absolute Gasteiger partial charge is 0.506 e. The Morgan fingerprint density at radius 2 is 1.87 bits per heavy atom. The third-order valence-electron chi connectivity index (χ3n) is 6.41. The Hall–Kier alpha value is -3.86. The van der Waals surface area contributed by atoms with Gasteiger partial charge in [0, 0.05) is 22.9 Å². The number of unbranched alkanes of at least 4 members (excludes halogenated alkanes) is 3. The van der Waals surface area contributed by atoms with Gasteiger partial charge < -0.3 is 35.7 Å². The van der Waals surface area contributed by atoms with Gasteiger partial charge in [-0.05, 0) is 66.2 Å². The molecule has 0 saturated carbocycles. The summed E-state index contributed by atoms with van der Waals surface area (Å²) in [4.78, 5) is 26.4. The van der Waals surface area contributed by atoms with E-state index in [9.17, 15) is 24.9 Å². The maximum Gasteiger partial charge on any atom is 0.405 e. The predicted octanol–water partition coefficient (Wildman–Crippen LogP) is 4.91. The molecule has 2 aromatic heterocycles. The van der Waals surface area contributed by atoms with Crippen molar-refractivity contribution in [2.45, 2.75) is 37.8 Å². The Morgan fingerprint density at radius 1 is 1.03 bits per heavy atom. The summed E-state index contributed by atoms with van der Waals surface area (Å²) in [7, 11) is 0. The number of amides is 1. The van der Waals surface area contributed by atoms with Crippen LogP contribution < -0.4 is 20.9 Å². The lowest BCUT2D eigenvalue weighted by Gasteiger charge is -2.17.